The molecule has 0 unspecified atom stereocenters. The van der Waals surface area contributed by atoms with E-state index in [4.69, 9.17) is 5.26 Å². The topological polar surface area (TPSA) is 69.5 Å². The van der Waals surface area contributed by atoms with Crippen molar-refractivity contribution in [2.75, 3.05) is 0 Å². The zero-order valence-corrected chi connectivity index (χ0v) is 14.8. The first-order chi connectivity index (χ1) is 11.5. The summed E-state index contributed by atoms with van der Waals surface area (Å²) >= 11 is 3.34. The maximum atomic E-state index is 12.5. The van der Waals surface area contributed by atoms with E-state index in [1.807, 2.05) is 38.1 Å². The zero-order valence-electron chi connectivity index (χ0n) is 13.2. The minimum atomic E-state index is -0.0447. The summed E-state index contributed by atoms with van der Waals surface area (Å²) in [6, 6.07) is 13.1. The van der Waals surface area contributed by atoms with Crippen LogP contribution in [-0.2, 0) is 0 Å². The summed E-state index contributed by atoms with van der Waals surface area (Å²) in [4.78, 5) is 20.2. The Hall–Kier alpha value is -2.71. The van der Waals surface area contributed by atoms with Gasteiger partial charge < -0.3 is 4.98 Å². The van der Waals surface area contributed by atoms with Crippen LogP contribution in [0.15, 0.2) is 51.9 Å². The van der Waals surface area contributed by atoms with Gasteiger partial charge in [-0.1, -0.05) is 18.2 Å². The van der Waals surface area contributed by atoms with Crippen molar-refractivity contribution in [3.05, 3.63) is 74.2 Å². The maximum Gasteiger partial charge on any atom is 0.204 e. The highest BCUT2D eigenvalue weighted by molar-refractivity contribution is 9.10. The summed E-state index contributed by atoms with van der Waals surface area (Å²) in [5, 5.41) is 8.85. The van der Waals surface area contributed by atoms with Gasteiger partial charge in [0.2, 0.25) is 5.43 Å². The number of aromatic amines is 1. The molecule has 0 atom stereocenters. The second kappa shape index (κ2) is 6.42. The molecule has 24 heavy (non-hydrogen) atoms. The van der Waals surface area contributed by atoms with Crippen molar-refractivity contribution in [2.45, 2.75) is 13.8 Å². The summed E-state index contributed by atoms with van der Waals surface area (Å²) < 4.78 is 0.541. The lowest BCUT2D eigenvalue weighted by Crippen LogP contribution is -2.12. The Kier molecular flexibility index (Phi) is 4.32. The van der Waals surface area contributed by atoms with Crippen LogP contribution >= 0.6 is 15.9 Å². The van der Waals surface area contributed by atoms with Crippen molar-refractivity contribution in [1.29, 1.82) is 5.26 Å². The van der Waals surface area contributed by atoms with Crippen molar-refractivity contribution in [3.63, 3.8) is 0 Å². The summed E-state index contributed by atoms with van der Waals surface area (Å²) in [5.41, 5.74) is 5.30. The molecule has 0 bridgehead atoms. The molecule has 0 radical (unpaired) electrons. The molecular weight excluding hydrogens is 366 g/mol. The van der Waals surface area contributed by atoms with Crippen molar-refractivity contribution in [1.82, 2.24) is 9.97 Å². The average molecular weight is 380 g/mol. The maximum absolute atomic E-state index is 12.5. The summed E-state index contributed by atoms with van der Waals surface area (Å²) in [5.74, 6) is 0. The first-order valence-electron chi connectivity index (χ1n) is 7.37. The normalized spacial score (nSPS) is 10.4. The van der Waals surface area contributed by atoms with E-state index in [2.05, 4.69) is 32.0 Å². The van der Waals surface area contributed by atoms with Gasteiger partial charge in [-0.25, -0.2) is 0 Å². The highest BCUT2D eigenvalue weighted by atomic mass is 79.9. The molecule has 0 aliphatic carbocycles. The number of H-pyrrole nitrogens is 1. The molecule has 0 amide bonds. The third-order valence-electron chi connectivity index (χ3n) is 3.87. The van der Waals surface area contributed by atoms with Gasteiger partial charge in [0.15, 0.2) is 0 Å². The van der Waals surface area contributed by atoms with E-state index in [1.165, 1.54) is 0 Å². The van der Waals surface area contributed by atoms with Crippen LogP contribution in [0.4, 0.5) is 0 Å². The number of nitrogens with zero attached hydrogens (tertiary/aromatic N) is 2. The van der Waals surface area contributed by atoms with Gasteiger partial charge in [-0.15, -0.1) is 0 Å². The second-order valence-corrected chi connectivity index (χ2v) is 6.31. The summed E-state index contributed by atoms with van der Waals surface area (Å²) in [7, 11) is 0. The Morgan fingerprint density at radius 1 is 1.04 bits per heavy atom. The SMILES string of the molecule is Cc1[nH]c(C)c(-c2ccc(-c3ccc(C#N)cc3)nc2)c(=O)c1Br. The minimum Gasteiger partial charge on any atom is -0.361 e. The molecule has 0 spiro atoms. The number of benzene rings is 1. The first-order valence-corrected chi connectivity index (χ1v) is 8.16. The lowest BCUT2D eigenvalue weighted by molar-refractivity contribution is 1.09. The highest BCUT2D eigenvalue weighted by Gasteiger charge is 2.13. The third kappa shape index (κ3) is 2.89. The third-order valence-corrected chi connectivity index (χ3v) is 4.82. The van der Waals surface area contributed by atoms with Crippen molar-refractivity contribution in [2.24, 2.45) is 0 Å². The van der Waals surface area contributed by atoms with E-state index in [0.29, 0.717) is 15.6 Å². The number of rotatable bonds is 2. The van der Waals surface area contributed by atoms with Crippen LogP contribution in [0.1, 0.15) is 17.0 Å². The van der Waals surface area contributed by atoms with Gasteiger partial charge in [-0.05, 0) is 48.0 Å². The fourth-order valence-electron chi connectivity index (χ4n) is 2.62. The van der Waals surface area contributed by atoms with Gasteiger partial charge in [0.05, 0.1) is 27.4 Å². The number of aryl methyl sites for hydroxylation is 2. The molecule has 1 aromatic carbocycles. The van der Waals surface area contributed by atoms with E-state index >= 15 is 0 Å². The fourth-order valence-corrected chi connectivity index (χ4v) is 2.92. The number of nitriles is 1. The Morgan fingerprint density at radius 2 is 1.71 bits per heavy atom. The van der Waals surface area contributed by atoms with Crippen LogP contribution in [0.25, 0.3) is 22.4 Å². The predicted molar refractivity (Wildman–Crippen MR) is 97.6 cm³/mol. The van der Waals surface area contributed by atoms with Gasteiger partial charge in [0, 0.05) is 28.7 Å². The standard InChI is InChI=1S/C19H14BrN3O/c1-11-17(19(24)18(20)12(2)23-11)15-7-8-16(22-10-15)14-5-3-13(9-21)4-6-14/h3-8,10H,1-2H3,(H,23,24). The number of nitrogens with one attached hydrogen (secondary N) is 1. The van der Waals surface area contributed by atoms with Crippen molar-refractivity contribution < 1.29 is 0 Å². The van der Waals surface area contributed by atoms with Crippen LogP contribution in [0.5, 0.6) is 0 Å². The smallest absolute Gasteiger partial charge is 0.204 e. The van der Waals surface area contributed by atoms with Crippen LogP contribution in [-0.4, -0.2) is 9.97 Å². The Labute approximate surface area is 148 Å². The molecule has 2 heterocycles. The molecule has 0 aliphatic heterocycles. The summed E-state index contributed by atoms with van der Waals surface area (Å²) in [6.45, 7) is 3.74. The van der Waals surface area contributed by atoms with E-state index in [1.54, 1.807) is 18.3 Å². The van der Waals surface area contributed by atoms with E-state index in [-0.39, 0.29) is 5.43 Å². The zero-order chi connectivity index (χ0) is 17.3. The molecule has 2 aromatic heterocycles. The van der Waals surface area contributed by atoms with Gasteiger partial charge in [-0.2, -0.15) is 5.26 Å². The average Bonchev–Trinajstić information content (AvgIpc) is 2.60. The van der Waals surface area contributed by atoms with Gasteiger partial charge in [0.25, 0.3) is 0 Å². The minimum absolute atomic E-state index is 0.0447. The molecule has 0 aliphatic rings. The lowest BCUT2D eigenvalue weighted by atomic mass is 10.0. The highest BCUT2D eigenvalue weighted by Crippen LogP contribution is 2.24. The van der Waals surface area contributed by atoms with Crippen molar-refractivity contribution in [3.8, 4) is 28.5 Å². The Bertz CT molecular complexity index is 997. The van der Waals surface area contributed by atoms with Gasteiger partial charge in [0.1, 0.15) is 0 Å². The number of halogens is 1. The molecule has 1 N–H and O–H groups in total. The number of hydrogen-bond acceptors (Lipinski definition) is 3. The largest absolute Gasteiger partial charge is 0.361 e. The molecule has 5 heteroatoms. The van der Waals surface area contributed by atoms with Crippen LogP contribution in [0.2, 0.25) is 0 Å². The molecule has 0 saturated heterocycles. The summed E-state index contributed by atoms with van der Waals surface area (Å²) in [6.07, 6.45) is 1.70. The van der Waals surface area contributed by atoms with Gasteiger partial charge >= 0.3 is 0 Å². The van der Waals surface area contributed by atoms with E-state index < -0.39 is 0 Å². The number of pyridine rings is 2. The molecule has 0 saturated carbocycles. The molecule has 3 aromatic rings. The molecule has 0 fully saturated rings. The van der Waals surface area contributed by atoms with E-state index in [9.17, 15) is 4.79 Å². The van der Waals surface area contributed by atoms with E-state index in [0.717, 1.165) is 28.2 Å². The molecule has 3 rings (SSSR count). The van der Waals surface area contributed by atoms with Gasteiger partial charge in [-0.3, -0.25) is 9.78 Å². The Morgan fingerprint density at radius 3 is 2.29 bits per heavy atom. The van der Waals surface area contributed by atoms with Crippen LogP contribution < -0.4 is 5.43 Å². The van der Waals surface area contributed by atoms with Crippen LogP contribution in [0, 0.1) is 25.2 Å². The lowest BCUT2D eigenvalue weighted by Gasteiger charge is -2.09. The number of aromatic nitrogens is 2. The molecule has 4 nitrogen and oxygen atoms in total. The molecular formula is C19H14BrN3O. The second-order valence-electron chi connectivity index (χ2n) is 5.51. The quantitative estimate of drug-likeness (QED) is 0.719. The predicted octanol–water partition coefficient (Wildman–Crippen LogP) is 4.35. The monoisotopic (exact) mass is 379 g/mol. The van der Waals surface area contributed by atoms with Crippen molar-refractivity contribution >= 4 is 15.9 Å². The Balaban J connectivity index is 2.03. The fraction of sp³-hybridized carbons (Fsp3) is 0.105. The van der Waals surface area contributed by atoms with Crippen LogP contribution in [0.3, 0.4) is 0 Å². The first kappa shape index (κ1) is 16.2. The molecule has 118 valence electrons. The number of hydrogen-bond donors (Lipinski definition) is 1.